The van der Waals surface area contributed by atoms with Gasteiger partial charge in [-0.2, -0.15) is 0 Å². The van der Waals surface area contributed by atoms with E-state index < -0.39 is 41.0 Å². The van der Waals surface area contributed by atoms with Gasteiger partial charge in [-0.3, -0.25) is 0 Å². The van der Waals surface area contributed by atoms with Crippen LogP contribution in [0.3, 0.4) is 0 Å². The number of benzene rings is 1. The van der Waals surface area contributed by atoms with E-state index in [0.29, 0.717) is 12.1 Å². The standard InChI is InChI=1S/C11H10F2O5/c1-5(11(16)17-2)18-9-7(12)3-6(10(14)15)4-8(9)13/h3-5H,1-2H3,(H,14,15). The third-order valence-electron chi connectivity index (χ3n) is 2.07. The average molecular weight is 260 g/mol. The van der Waals surface area contributed by atoms with Crippen LogP contribution in [0.4, 0.5) is 8.78 Å². The maximum Gasteiger partial charge on any atom is 0.346 e. The number of ether oxygens (including phenoxy) is 2. The number of hydrogen-bond donors (Lipinski definition) is 1. The molecule has 1 atom stereocenters. The van der Waals surface area contributed by atoms with Crippen molar-refractivity contribution < 1.29 is 33.0 Å². The van der Waals surface area contributed by atoms with Crippen LogP contribution in [0.5, 0.6) is 5.75 Å². The van der Waals surface area contributed by atoms with E-state index in [0.717, 1.165) is 7.11 Å². The highest BCUT2D eigenvalue weighted by Crippen LogP contribution is 2.24. The molecular formula is C11H10F2O5. The first-order valence-electron chi connectivity index (χ1n) is 4.83. The van der Waals surface area contributed by atoms with Gasteiger partial charge < -0.3 is 14.6 Å². The van der Waals surface area contributed by atoms with Crippen LogP contribution in [0, 0.1) is 11.6 Å². The van der Waals surface area contributed by atoms with Gasteiger partial charge in [0, 0.05) is 0 Å². The largest absolute Gasteiger partial charge is 0.478 e. The van der Waals surface area contributed by atoms with Crippen molar-refractivity contribution in [2.45, 2.75) is 13.0 Å². The molecule has 0 saturated heterocycles. The van der Waals surface area contributed by atoms with Gasteiger partial charge in [-0.05, 0) is 19.1 Å². The molecule has 0 aliphatic carbocycles. The average Bonchev–Trinajstić information content (AvgIpc) is 2.31. The summed E-state index contributed by atoms with van der Waals surface area (Å²) in [5.74, 6) is -5.51. The molecule has 0 bridgehead atoms. The van der Waals surface area contributed by atoms with Crippen LogP contribution in [0.15, 0.2) is 12.1 Å². The van der Waals surface area contributed by atoms with Gasteiger partial charge in [-0.25, -0.2) is 18.4 Å². The Labute approximate surface area is 101 Å². The second kappa shape index (κ2) is 5.44. The zero-order valence-electron chi connectivity index (χ0n) is 9.57. The van der Waals surface area contributed by atoms with Crippen molar-refractivity contribution in [3.8, 4) is 5.75 Å². The number of halogens is 2. The highest BCUT2D eigenvalue weighted by atomic mass is 19.1. The smallest absolute Gasteiger partial charge is 0.346 e. The van der Waals surface area contributed by atoms with E-state index in [-0.39, 0.29) is 0 Å². The first-order valence-corrected chi connectivity index (χ1v) is 4.83. The minimum atomic E-state index is -1.47. The van der Waals surface area contributed by atoms with Gasteiger partial charge in [0.15, 0.2) is 23.5 Å². The maximum atomic E-state index is 13.4. The van der Waals surface area contributed by atoms with Gasteiger partial charge in [0.1, 0.15) is 0 Å². The van der Waals surface area contributed by atoms with Crippen LogP contribution in [-0.2, 0) is 9.53 Å². The molecule has 18 heavy (non-hydrogen) atoms. The fourth-order valence-corrected chi connectivity index (χ4v) is 1.19. The molecular weight excluding hydrogens is 250 g/mol. The summed E-state index contributed by atoms with van der Waals surface area (Å²) < 4.78 is 35.9. The van der Waals surface area contributed by atoms with E-state index in [1.165, 1.54) is 6.92 Å². The summed E-state index contributed by atoms with van der Waals surface area (Å²) in [6, 6.07) is 1.20. The molecule has 1 N–H and O–H groups in total. The highest BCUT2D eigenvalue weighted by molar-refractivity contribution is 5.87. The topological polar surface area (TPSA) is 72.8 Å². The fraction of sp³-hybridized carbons (Fsp3) is 0.273. The molecule has 7 heteroatoms. The van der Waals surface area contributed by atoms with Crippen LogP contribution >= 0.6 is 0 Å². The number of methoxy groups -OCH3 is 1. The number of carboxylic acid groups (broad SMARTS) is 1. The second-order valence-corrected chi connectivity index (χ2v) is 3.36. The molecule has 1 aromatic rings. The van der Waals surface area contributed by atoms with Crippen LogP contribution in [0.1, 0.15) is 17.3 Å². The molecule has 0 aliphatic heterocycles. The Morgan fingerprint density at radius 1 is 1.28 bits per heavy atom. The number of carboxylic acids is 1. The van der Waals surface area contributed by atoms with E-state index in [9.17, 15) is 18.4 Å². The van der Waals surface area contributed by atoms with Gasteiger partial charge in [-0.1, -0.05) is 0 Å². The maximum absolute atomic E-state index is 13.4. The van der Waals surface area contributed by atoms with E-state index in [1.54, 1.807) is 0 Å². The number of aromatic carboxylic acids is 1. The monoisotopic (exact) mass is 260 g/mol. The van der Waals surface area contributed by atoms with Crippen molar-refractivity contribution in [1.29, 1.82) is 0 Å². The Hall–Kier alpha value is -2.18. The Bertz CT molecular complexity index is 463. The van der Waals surface area contributed by atoms with Gasteiger partial charge in [0.2, 0.25) is 0 Å². The molecule has 0 spiro atoms. The Morgan fingerprint density at radius 3 is 2.17 bits per heavy atom. The summed E-state index contributed by atoms with van der Waals surface area (Å²) in [6.45, 7) is 1.25. The summed E-state index contributed by atoms with van der Waals surface area (Å²) in [5.41, 5.74) is -0.553. The molecule has 0 aliphatic rings. The number of carbonyl (C=O) groups excluding carboxylic acids is 1. The van der Waals surface area contributed by atoms with Crippen molar-refractivity contribution in [1.82, 2.24) is 0 Å². The number of carbonyl (C=O) groups is 2. The highest BCUT2D eigenvalue weighted by Gasteiger charge is 2.21. The lowest BCUT2D eigenvalue weighted by Gasteiger charge is -2.13. The van der Waals surface area contributed by atoms with Crippen LogP contribution < -0.4 is 4.74 Å². The molecule has 0 saturated carbocycles. The second-order valence-electron chi connectivity index (χ2n) is 3.36. The molecule has 1 rings (SSSR count). The number of esters is 1. The van der Waals surface area contributed by atoms with Crippen molar-refractivity contribution in [2.24, 2.45) is 0 Å². The van der Waals surface area contributed by atoms with E-state index in [1.807, 2.05) is 0 Å². The Morgan fingerprint density at radius 2 is 1.78 bits per heavy atom. The van der Waals surface area contributed by atoms with Crippen molar-refractivity contribution in [3.05, 3.63) is 29.3 Å². The molecule has 1 aromatic carbocycles. The SMILES string of the molecule is COC(=O)C(C)Oc1c(F)cc(C(=O)O)cc1F. The minimum Gasteiger partial charge on any atom is -0.478 e. The predicted molar refractivity (Wildman–Crippen MR) is 55.4 cm³/mol. The molecule has 0 amide bonds. The van der Waals surface area contributed by atoms with E-state index in [2.05, 4.69) is 4.74 Å². The molecule has 0 fully saturated rings. The van der Waals surface area contributed by atoms with Gasteiger partial charge in [-0.15, -0.1) is 0 Å². The molecule has 0 radical (unpaired) electrons. The normalized spacial score (nSPS) is 11.8. The first kappa shape index (κ1) is 13.9. The Balaban J connectivity index is 3.04. The zero-order chi connectivity index (χ0) is 13.9. The lowest BCUT2D eigenvalue weighted by atomic mass is 10.2. The van der Waals surface area contributed by atoms with Crippen molar-refractivity contribution in [2.75, 3.05) is 7.11 Å². The minimum absolute atomic E-state index is 0.553. The lowest BCUT2D eigenvalue weighted by Crippen LogP contribution is -2.25. The summed E-state index contributed by atoms with van der Waals surface area (Å²) in [5, 5.41) is 8.58. The van der Waals surface area contributed by atoms with Crippen LogP contribution in [0.25, 0.3) is 0 Å². The summed E-state index contributed by atoms with van der Waals surface area (Å²) in [7, 11) is 1.10. The molecule has 5 nitrogen and oxygen atoms in total. The van der Waals surface area contributed by atoms with Gasteiger partial charge >= 0.3 is 11.9 Å². The molecule has 1 unspecified atom stereocenters. The number of hydrogen-bond acceptors (Lipinski definition) is 4. The van der Waals surface area contributed by atoms with Gasteiger partial charge in [0.25, 0.3) is 0 Å². The third-order valence-corrected chi connectivity index (χ3v) is 2.07. The quantitative estimate of drug-likeness (QED) is 0.832. The molecule has 0 aromatic heterocycles. The number of rotatable bonds is 4. The summed E-state index contributed by atoms with van der Waals surface area (Å²) >= 11 is 0. The van der Waals surface area contributed by atoms with E-state index >= 15 is 0 Å². The predicted octanol–water partition coefficient (Wildman–Crippen LogP) is 1.60. The van der Waals surface area contributed by atoms with Crippen LogP contribution in [0.2, 0.25) is 0 Å². The van der Waals surface area contributed by atoms with Crippen molar-refractivity contribution in [3.63, 3.8) is 0 Å². The first-order chi connectivity index (χ1) is 8.36. The lowest BCUT2D eigenvalue weighted by molar-refractivity contribution is -0.148. The van der Waals surface area contributed by atoms with Gasteiger partial charge in [0.05, 0.1) is 12.7 Å². The Kier molecular flexibility index (Phi) is 4.19. The third kappa shape index (κ3) is 2.93. The fourth-order valence-electron chi connectivity index (χ4n) is 1.19. The van der Waals surface area contributed by atoms with Crippen LogP contribution in [-0.4, -0.2) is 30.3 Å². The summed E-state index contributed by atoms with van der Waals surface area (Å²) in [4.78, 5) is 21.6. The summed E-state index contributed by atoms with van der Waals surface area (Å²) in [6.07, 6.45) is -1.21. The van der Waals surface area contributed by atoms with Crippen molar-refractivity contribution >= 4 is 11.9 Å². The van der Waals surface area contributed by atoms with E-state index in [4.69, 9.17) is 9.84 Å². The molecule has 98 valence electrons. The molecule has 0 heterocycles. The zero-order valence-corrected chi connectivity index (χ0v) is 9.57.